The summed E-state index contributed by atoms with van der Waals surface area (Å²) in [5.74, 6) is 2.88. The summed E-state index contributed by atoms with van der Waals surface area (Å²) in [6.45, 7) is 2.79. The average Bonchev–Trinajstić information content (AvgIpc) is 2.74. The van der Waals surface area contributed by atoms with Gasteiger partial charge >= 0.3 is 0 Å². The highest BCUT2D eigenvalue weighted by molar-refractivity contribution is 5.84. The first-order valence-electron chi connectivity index (χ1n) is 8.88. The van der Waals surface area contributed by atoms with Crippen molar-refractivity contribution in [3.63, 3.8) is 0 Å². The van der Waals surface area contributed by atoms with Gasteiger partial charge in [0.25, 0.3) is 0 Å². The van der Waals surface area contributed by atoms with Gasteiger partial charge in [0.2, 0.25) is 17.8 Å². The first kappa shape index (κ1) is 19.6. The normalized spacial score (nSPS) is 14.2. The number of aromatic nitrogens is 3. The molecule has 10 nitrogen and oxygen atoms in total. The molecule has 0 atom stereocenters. The molecule has 0 aliphatic carbocycles. The second-order valence-electron chi connectivity index (χ2n) is 6.23. The number of ether oxygens (including phenoxy) is 3. The molecule has 2 aromatic rings. The molecule has 1 aromatic heterocycles. The van der Waals surface area contributed by atoms with Crippen molar-refractivity contribution in [2.45, 2.75) is 0 Å². The van der Waals surface area contributed by atoms with Crippen LogP contribution in [0.5, 0.6) is 11.5 Å². The summed E-state index contributed by atoms with van der Waals surface area (Å²) >= 11 is 0. The molecule has 1 saturated heterocycles. The highest BCUT2D eigenvalue weighted by atomic mass is 16.5. The molecule has 0 unspecified atom stereocenters. The van der Waals surface area contributed by atoms with Crippen molar-refractivity contribution in [1.82, 2.24) is 15.0 Å². The molecular formula is C18H25N7O3. The Hall–Kier alpha value is -3.14. The Labute approximate surface area is 164 Å². The number of methoxy groups -OCH3 is 2. The van der Waals surface area contributed by atoms with Crippen LogP contribution in [0.2, 0.25) is 0 Å². The van der Waals surface area contributed by atoms with Gasteiger partial charge in [0, 0.05) is 38.8 Å². The summed E-state index contributed by atoms with van der Waals surface area (Å²) in [5, 5.41) is 4.25. The number of benzene rings is 1. The lowest BCUT2D eigenvalue weighted by Gasteiger charge is -2.27. The van der Waals surface area contributed by atoms with Gasteiger partial charge < -0.3 is 24.0 Å². The molecule has 28 heavy (non-hydrogen) atoms. The van der Waals surface area contributed by atoms with E-state index >= 15 is 0 Å². The standard InChI is InChI=1S/C18H25N7O3/c1-24(2)17-20-16(21-18(22-17)25-7-9-28-10-8-25)23-19-12-13-5-6-14(26-3)11-15(13)27-4/h5-6,11-12H,7-10H2,1-4H3,(H,20,21,22,23)/b19-12-. The van der Waals surface area contributed by atoms with E-state index in [2.05, 4.69) is 30.4 Å². The van der Waals surface area contributed by atoms with E-state index in [0.717, 1.165) is 18.7 Å². The van der Waals surface area contributed by atoms with Crippen LogP contribution in [0, 0.1) is 0 Å². The first-order chi connectivity index (χ1) is 13.6. The number of morpholine rings is 1. The summed E-state index contributed by atoms with van der Waals surface area (Å²) in [6, 6.07) is 5.50. The van der Waals surface area contributed by atoms with Crippen LogP contribution < -0.4 is 24.7 Å². The van der Waals surface area contributed by atoms with Gasteiger partial charge in [-0.2, -0.15) is 20.1 Å². The minimum Gasteiger partial charge on any atom is -0.497 e. The van der Waals surface area contributed by atoms with Crippen LogP contribution in [0.15, 0.2) is 23.3 Å². The summed E-state index contributed by atoms with van der Waals surface area (Å²) in [4.78, 5) is 17.3. The van der Waals surface area contributed by atoms with Gasteiger partial charge in [0.05, 0.1) is 33.6 Å². The van der Waals surface area contributed by atoms with Crippen molar-refractivity contribution in [2.24, 2.45) is 5.10 Å². The third-order valence-electron chi connectivity index (χ3n) is 4.11. The molecule has 0 radical (unpaired) electrons. The number of rotatable bonds is 7. The van der Waals surface area contributed by atoms with Crippen LogP contribution in [-0.2, 0) is 4.74 Å². The Morgan fingerprint density at radius 1 is 1.14 bits per heavy atom. The van der Waals surface area contributed by atoms with E-state index in [4.69, 9.17) is 14.2 Å². The fourth-order valence-corrected chi connectivity index (χ4v) is 2.59. The zero-order valence-corrected chi connectivity index (χ0v) is 16.5. The van der Waals surface area contributed by atoms with Gasteiger partial charge in [-0.15, -0.1) is 0 Å². The number of anilines is 3. The van der Waals surface area contributed by atoms with Crippen LogP contribution in [0.1, 0.15) is 5.56 Å². The lowest BCUT2D eigenvalue weighted by atomic mass is 10.2. The Morgan fingerprint density at radius 3 is 2.61 bits per heavy atom. The zero-order chi connectivity index (χ0) is 19.9. The molecule has 0 saturated carbocycles. The summed E-state index contributed by atoms with van der Waals surface area (Å²) in [5.41, 5.74) is 3.68. The van der Waals surface area contributed by atoms with Crippen molar-refractivity contribution in [3.8, 4) is 11.5 Å². The van der Waals surface area contributed by atoms with Gasteiger partial charge in [-0.25, -0.2) is 5.43 Å². The Kier molecular flexibility index (Phi) is 6.43. The van der Waals surface area contributed by atoms with Crippen molar-refractivity contribution < 1.29 is 14.2 Å². The van der Waals surface area contributed by atoms with Gasteiger partial charge in [-0.1, -0.05) is 0 Å². The Balaban J connectivity index is 1.79. The molecule has 2 heterocycles. The fourth-order valence-electron chi connectivity index (χ4n) is 2.59. The monoisotopic (exact) mass is 387 g/mol. The van der Waals surface area contributed by atoms with Crippen LogP contribution >= 0.6 is 0 Å². The van der Waals surface area contributed by atoms with Crippen LogP contribution in [0.3, 0.4) is 0 Å². The number of hydrogen-bond acceptors (Lipinski definition) is 10. The molecule has 1 N–H and O–H groups in total. The molecule has 3 rings (SSSR count). The van der Waals surface area contributed by atoms with Gasteiger partial charge in [-0.05, 0) is 12.1 Å². The topological polar surface area (TPSA) is 97.2 Å². The van der Waals surface area contributed by atoms with E-state index in [0.29, 0.717) is 42.6 Å². The number of hydrogen-bond donors (Lipinski definition) is 1. The lowest BCUT2D eigenvalue weighted by Crippen LogP contribution is -2.37. The predicted molar refractivity (Wildman–Crippen MR) is 108 cm³/mol. The maximum Gasteiger partial charge on any atom is 0.250 e. The molecule has 1 fully saturated rings. The summed E-state index contributed by atoms with van der Waals surface area (Å²) in [6.07, 6.45) is 1.64. The van der Waals surface area contributed by atoms with E-state index in [9.17, 15) is 0 Å². The van der Waals surface area contributed by atoms with Gasteiger partial charge in [0.1, 0.15) is 11.5 Å². The van der Waals surface area contributed by atoms with E-state index in [1.807, 2.05) is 31.1 Å². The quantitative estimate of drug-likeness (QED) is 0.556. The molecule has 150 valence electrons. The SMILES string of the molecule is COc1ccc(/C=N\Nc2nc(N(C)C)nc(N3CCOCC3)n2)c(OC)c1. The molecule has 10 heteroatoms. The predicted octanol–water partition coefficient (Wildman–Crippen LogP) is 1.24. The second kappa shape index (κ2) is 9.18. The number of nitrogens with one attached hydrogen (secondary N) is 1. The van der Waals surface area contributed by atoms with E-state index in [-0.39, 0.29) is 0 Å². The number of nitrogens with zero attached hydrogens (tertiary/aromatic N) is 6. The summed E-state index contributed by atoms with van der Waals surface area (Å²) < 4.78 is 16.0. The zero-order valence-electron chi connectivity index (χ0n) is 16.5. The maximum absolute atomic E-state index is 5.40. The Bertz CT molecular complexity index is 823. The molecule has 1 aliphatic rings. The molecular weight excluding hydrogens is 362 g/mol. The minimum atomic E-state index is 0.365. The van der Waals surface area contributed by atoms with Crippen LogP contribution in [0.4, 0.5) is 17.8 Å². The molecule has 0 bridgehead atoms. The maximum atomic E-state index is 5.40. The fraction of sp³-hybridized carbons (Fsp3) is 0.444. The molecule has 1 aliphatic heterocycles. The number of hydrazone groups is 1. The van der Waals surface area contributed by atoms with E-state index in [1.165, 1.54) is 0 Å². The van der Waals surface area contributed by atoms with Crippen LogP contribution in [-0.4, -0.2) is 75.8 Å². The van der Waals surface area contributed by atoms with Crippen molar-refractivity contribution >= 4 is 24.1 Å². The average molecular weight is 387 g/mol. The van der Waals surface area contributed by atoms with E-state index < -0.39 is 0 Å². The minimum absolute atomic E-state index is 0.365. The largest absolute Gasteiger partial charge is 0.497 e. The highest BCUT2D eigenvalue weighted by Gasteiger charge is 2.17. The third kappa shape index (κ3) is 4.77. The Morgan fingerprint density at radius 2 is 1.93 bits per heavy atom. The second-order valence-corrected chi connectivity index (χ2v) is 6.23. The molecule has 0 amide bonds. The van der Waals surface area contributed by atoms with Crippen molar-refractivity contribution in [3.05, 3.63) is 23.8 Å². The van der Waals surface area contributed by atoms with Gasteiger partial charge in [0.15, 0.2) is 0 Å². The molecule has 1 aromatic carbocycles. The summed E-state index contributed by atoms with van der Waals surface area (Å²) in [7, 11) is 6.98. The first-order valence-corrected chi connectivity index (χ1v) is 8.88. The van der Waals surface area contributed by atoms with Crippen LogP contribution in [0.25, 0.3) is 0 Å². The van der Waals surface area contributed by atoms with E-state index in [1.54, 1.807) is 26.5 Å². The smallest absolute Gasteiger partial charge is 0.250 e. The van der Waals surface area contributed by atoms with Crippen molar-refractivity contribution in [1.29, 1.82) is 0 Å². The third-order valence-corrected chi connectivity index (χ3v) is 4.11. The highest BCUT2D eigenvalue weighted by Crippen LogP contribution is 2.23. The van der Waals surface area contributed by atoms with Gasteiger partial charge in [-0.3, -0.25) is 0 Å². The lowest BCUT2D eigenvalue weighted by molar-refractivity contribution is 0.122. The molecule has 0 spiro atoms. The van der Waals surface area contributed by atoms with Crippen molar-refractivity contribution in [2.75, 3.05) is 69.8 Å².